The second-order valence-electron chi connectivity index (χ2n) is 14.5. The zero-order chi connectivity index (χ0) is 37.8. The van der Waals surface area contributed by atoms with E-state index in [-0.39, 0.29) is 0 Å². The lowest BCUT2D eigenvalue weighted by atomic mass is 9.74. The van der Waals surface area contributed by atoms with Crippen molar-refractivity contribution in [3.05, 3.63) is 156 Å². The number of fused-ring (bicyclic) bond motifs is 8. The first-order valence-corrected chi connectivity index (χ1v) is 19.0. The zero-order valence-electron chi connectivity index (χ0n) is 31.6. The highest BCUT2D eigenvalue weighted by atomic mass is 15.0. The third-order valence-corrected chi connectivity index (χ3v) is 11.5. The van der Waals surface area contributed by atoms with Crippen LogP contribution in [0.5, 0.6) is 0 Å². The molecule has 3 heterocycles. The molecule has 2 aliphatic rings. The van der Waals surface area contributed by atoms with Gasteiger partial charge in [-0.3, -0.25) is 9.98 Å². The van der Waals surface area contributed by atoms with Crippen LogP contribution in [0.25, 0.3) is 82.8 Å². The Morgan fingerprint density at radius 3 is 2.13 bits per heavy atom. The first kappa shape index (κ1) is 34.1. The largest absolute Gasteiger partial charge is 0.405 e. The van der Waals surface area contributed by atoms with Gasteiger partial charge in [-0.2, -0.15) is 0 Å². The molecular formula is C49H44N6. The van der Waals surface area contributed by atoms with E-state index in [0.29, 0.717) is 0 Å². The fraction of sp³-hybridized carbons (Fsp3) is 0.143. The van der Waals surface area contributed by atoms with E-state index in [9.17, 15) is 0 Å². The maximum absolute atomic E-state index is 6.43. The summed E-state index contributed by atoms with van der Waals surface area (Å²) < 4.78 is 4.84. The van der Waals surface area contributed by atoms with Crippen molar-refractivity contribution in [1.29, 1.82) is 0 Å². The Kier molecular flexibility index (Phi) is 8.46. The van der Waals surface area contributed by atoms with Crippen LogP contribution in [-0.2, 0) is 25.7 Å². The fourth-order valence-corrected chi connectivity index (χ4v) is 9.31. The number of allylic oxidation sites excluding steroid dienone is 9. The molecule has 4 N–H and O–H groups in total. The molecule has 0 saturated carbocycles. The van der Waals surface area contributed by atoms with Gasteiger partial charge < -0.3 is 20.6 Å². The zero-order valence-corrected chi connectivity index (χ0v) is 31.6. The quantitative estimate of drug-likeness (QED) is 0.121. The SMILES string of the molecule is C=C/C=C(\C=NC)c1ccc2c(c1)c1cc3c4c(c1n2/C(C)=C/C=C\N)CCc1c-4c(cc2c4cc(-c5cccnc5)ccc4n(C(/C=C\C)=C/N)c12)CC3. The number of hydrogen-bond acceptors (Lipinski definition) is 4. The maximum atomic E-state index is 6.43. The molecule has 55 heavy (non-hydrogen) atoms. The van der Waals surface area contributed by atoms with E-state index in [2.05, 4.69) is 105 Å². The molecule has 0 spiro atoms. The molecule has 0 fully saturated rings. The predicted molar refractivity (Wildman–Crippen MR) is 235 cm³/mol. The number of aromatic nitrogens is 3. The summed E-state index contributed by atoms with van der Waals surface area (Å²) in [4.78, 5) is 8.76. The topological polar surface area (TPSA) is 87.2 Å². The number of rotatable bonds is 8. The highest BCUT2D eigenvalue weighted by Crippen LogP contribution is 2.51. The summed E-state index contributed by atoms with van der Waals surface area (Å²) in [5.41, 5.74) is 32.1. The van der Waals surface area contributed by atoms with Crippen molar-refractivity contribution in [3.8, 4) is 22.3 Å². The van der Waals surface area contributed by atoms with Crippen molar-refractivity contribution in [2.75, 3.05) is 7.05 Å². The summed E-state index contributed by atoms with van der Waals surface area (Å²) in [5.74, 6) is 0. The van der Waals surface area contributed by atoms with Gasteiger partial charge in [0.15, 0.2) is 0 Å². The van der Waals surface area contributed by atoms with Gasteiger partial charge in [0, 0.05) is 64.7 Å². The minimum absolute atomic E-state index is 0.919. The van der Waals surface area contributed by atoms with E-state index in [1.165, 1.54) is 71.5 Å². The Labute approximate surface area is 321 Å². The van der Waals surface area contributed by atoms with Crippen molar-refractivity contribution in [3.63, 3.8) is 0 Å². The predicted octanol–water partition coefficient (Wildman–Crippen LogP) is 10.8. The van der Waals surface area contributed by atoms with Gasteiger partial charge in [-0.25, -0.2) is 0 Å². The molecule has 0 unspecified atom stereocenters. The Bertz CT molecular complexity index is 2920. The van der Waals surface area contributed by atoms with E-state index in [1.807, 2.05) is 56.9 Å². The van der Waals surface area contributed by atoms with E-state index >= 15 is 0 Å². The smallest absolute Gasteiger partial charge is 0.0613 e. The molecule has 3 aromatic heterocycles. The maximum Gasteiger partial charge on any atom is 0.0613 e. The van der Waals surface area contributed by atoms with Crippen molar-refractivity contribution >= 4 is 66.8 Å². The van der Waals surface area contributed by atoms with Crippen molar-refractivity contribution < 1.29 is 0 Å². The van der Waals surface area contributed by atoms with Crippen LogP contribution in [0.3, 0.4) is 0 Å². The second-order valence-corrected chi connectivity index (χ2v) is 14.5. The summed E-state index contributed by atoms with van der Waals surface area (Å²) in [6, 6.07) is 22.7. The summed E-state index contributed by atoms with van der Waals surface area (Å²) in [7, 11) is 1.81. The fourth-order valence-electron chi connectivity index (χ4n) is 9.31. The minimum atomic E-state index is 0.919. The number of hydrogen-bond donors (Lipinski definition) is 2. The lowest BCUT2D eigenvalue weighted by molar-refractivity contribution is 0.884. The minimum Gasteiger partial charge on any atom is -0.405 e. The molecule has 7 aromatic rings. The van der Waals surface area contributed by atoms with Gasteiger partial charge in [-0.05, 0) is 157 Å². The number of pyridine rings is 1. The average Bonchev–Trinajstić information content (AvgIpc) is 3.73. The summed E-state index contributed by atoms with van der Waals surface area (Å²) >= 11 is 0. The highest BCUT2D eigenvalue weighted by Gasteiger charge is 2.33. The molecule has 4 aromatic carbocycles. The molecule has 0 aliphatic heterocycles. The second kappa shape index (κ2) is 13.6. The highest BCUT2D eigenvalue weighted by molar-refractivity contribution is 6.18. The number of aryl methyl sites for hydroxylation is 4. The van der Waals surface area contributed by atoms with Crippen LogP contribution in [0.2, 0.25) is 0 Å². The lowest BCUT2D eigenvalue weighted by Gasteiger charge is -2.31. The van der Waals surface area contributed by atoms with Crippen LogP contribution in [-0.4, -0.2) is 27.4 Å². The molecule has 0 amide bonds. The van der Waals surface area contributed by atoms with Gasteiger partial charge >= 0.3 is 0 Å². The number of benzene rings is 4. The summed E-state index contributed by atoms with van der Waals surface area (Å²) in [6.45, 7) is 8.19. The first-order valence-electron chi connectivity index (χ1n) is 19.0. The molecule has 0 saturated heterocycles. The molecule has 6 nitrogen and oxygen atoms in total. The van der Waals surface area contributed by atoms with Crippen LogP contribution in [0, 0.1) is 0 Å². The van der Waals surface area contributed by atoms with E-state index < -0.39 is 0 Å². The average molecular weight is 717 g/mol. The van der Waals surface area contributed by atoms with Gasteiger partial charge in [0.2, 0.25) is 0 Å². The Balaban J connectivity index is 1.38. The van der Waals surface area contributed by atoms with Crippen LogP contribution in [0.4, 0.5) is 0 Å². The molecule has 9 rings (SSSR count). The van der Waals surface area contributed by atoms with Crippen LogP contribution < -0.4 is 11.5 Å². The summed E-state index contributed by atoms with van der Waals surface area (Å²) in [6.07, 6.45) is 24.9. The standard InChI is InChI=1S/C49H44N6/c1-5-9-35(28-52-4)31-15-19-44-40(23-31)42-25-33-13-14-34-26-43-41-24-32(36-12-8-22-53-29-36)16-20-45(41)55(37(27-51)10-6-2)49(43)39-18-17-38(46(33)47(34)39)48(42)54(44)30(3)11-7-21-50/h5-12,15-16,19-29H,1,13-14,17-18,50-51H2,2-4H3/b10-6-,21-7-,30-11+,35-9+,37-27+,52-28?. The Hall–Kier alpha value is -6.66. The number of nitrogens with zero attached hydrogens (tertiary/aromatic N) is 4. The number of aliphatic imine (C=N–C) groups is 1. The molecule has 270 valence electrons. The third-order valence-electron chi connectivity index (χ3n) is 11.5. The van der Waals surface area contributed by atoms with Crippen molar-refractivity contribution in [1.82, 2.24) is 14.1 Å². The van der Waals surface area contributed by atoms with Crippen molar-refractivity contribution in [2.24, 2.45) is 16.5 Å². The van der Waals surface area contributed by atoms with Gasteiger partial charge in [0.05, 0.1) is 27.8 Å². The van der Waals surface area contributed by atoms with Gasteiger partial charge in [0.25, 0.3) is 0 Å². The van der Waals surface area contributed by atoms with Gasteiger partial charge in [-0.1, -0.05) is 43.0 Å². The van der Waals surface area contributed by atoms with Crippen molar-refractivity contribution in [2.45, 2.75) is 39.5 Å². The van der Waals surface area contributed by atoms with Crippen LogP contribution in [0.15, 0.2) is 133 Å². The molecule has 0 atom stereocenters. The van der Waals surface area contributed by atoms with E-state index in [4.69, 9.17) is 11.5 Å². The van der Waals surface area contributed by atoms with E-state index in [1.54, 1.807) is 12.4 Å². The Morgan fingerprint density at radius 1 is 0.800 bits per heavy atom. The monoisotopic (exact) mass is 716 g/mol. The molecule has 6 heteroatoms. The number of nitrogens with two attached hydrogens (primary N) is 2. The summed E-state index contributed by atoms with van der Waals surface area (Å²) in [5, 5.41) is 5.03. The molecular weight excluding hydrogens is 673 g/mol. The van der Waals surface area contributed by atoms with Gasteiger partial charge in [-0.15, -0.1) is 0 Å². The molecule has 0 radical (unpaired) electrons. The third kappa shape index (κ3) is 5.24. The molecule has 0 bridgehead atoms. The van der Waals surface area contributed by atoms with Crippen LogP contribution >= 0.6 is 0 Å². The van der Waals surface area contributed by atoms with E-state index in [0.717, 1.165) is 64.9 Å². The first-order chi connectivity index (χ1) is 27.0. The van der Waals surface area contributed by atoms with Crippen LogP contribution in [0.1, 0.15) is 41.7 Å². The Morgan fingerprint density at radius 2 is 1.49 bits per heavy atom. The lowest BCUT2D eigenvalue weighted by Crippen LogP contribution is -2.16. The van der Waals surface area contributed by atoms with Gasteiger partial charge in [0.1, 0.15) is 0 Å². The normalized spacial score (nSPS) is 14.9. The molecule has 2 aliphatic carbocycles.